The third-order valence-corrected chi connectivity index (χ3v) is 18.1. The summed E-state index contributed by atoms with van der Waals surface area (Å²) >= 11 is 0. The van der Waals surface area contributed by atoms with Gasteiger partial charge in [-0.25, -0.2) is 0 Å². The number of ether oxygens (including phenoxy) is 1. The molecule has 0 N–H and O–H groups in total. The molecule has 1 aliphatic heterocycles. The fourth-order valence-electron chi connectivity index (χ4n) is 15.2. The van der Waals surface area contributed by atoms with Crippen LogP contribution in [0.3, 0.4) is 0 Å². The summed E-state index contributed by atoms with van der Waals surface area (Å²) in [7, 11) is 0. The minimum absolute atomic E-state index is 0.204. The number of hydrogen-bond donors (Lipinski definition) is 0. The molecule has 0 bridgehead atoms. The maximum Gasteiger partial charge on any atom is 0.140 e. The lowest BCUT2D eigenvalue weighted by molar-refractivity contribution is 0.447. The number of benzene rings is 12. The van der Waals surface area contributed by atoms with E-state index in [4.69, 9.17) is 4.74 Å². The van der Waals surface area contributed by atoms with Crippen LogP contribution in [0, 0.1) is 0 Å². The van der Waals surface area contributed by atoms with Crippen molar-refractivity contribution in [1.29, 1.82) is 0 Å². The molecule has 0 amide bonds. The maximum absolute atomic E-state index is 7.41. The van der Waals surface area contributed by atoms with E-state index in [0.29, 0.717) is 0 Å². The average Bonchev–Trinajstić information content (AvgIpc) is 4.33. The molecule has 350 valence electrons. The van der Waals surface area contributed by atoms with Gasteiger partial charge in [0.1, 0.15) is 11.5 Å². The smallest absolute Gasteiger partial charge is 0.140 e. The number of anilines is 3. The molecule has 0 aromatic heterocycles. The van der Waals surface area contributed by atoms with E-state index in [2.05, 4.69) is 267 Å². The van der Waals surface area contributed by atoms with Crippen LogP contribution >= 0.6 is 0 Å². The average molecular weight is 954 g/mol. The van der Waals surface area contributed by atoms with Gasteiger partial charge >= 0.3 is 0 Å². The van der Waals surface area contributed by atoms with Crippen molar-refractivity contribution in [3.05, 3.63) is 304 Å². The van der Waals surface area contributed by atoms with E-state index in [1.54, 1.807) is 0 Å². The third-order valence-electron chi connectivity index (χ3n) is 18.1. The molecule has 1 heterocycles. The van der Waals surface area contributed by atoms with E-state index in [1.165, 1.54) is 94.7 Å². The topological polar surface area (TPSA) is 12.5 Å². The predicted molar refractivity (Wildman–Crippen MR) is 307 cm³/mol. The van der Waals surface area contributed by atoms with Crippen LogP contribution in [0.25, 0.3) is 66.1 Å². The lowest BCUT2D eigenvalue weighted by atomic mass is 9.65. The summed E-state index contributed by atoms with van der Waals surface area (Å²) in [6.45, 7) is 4.79. The van der Waals surface area contributed by atoms with Crippen molar-refractivity contribution >= 4 is 38.6 Å². The van der Waals surface area contributed by atoms with Gasteiger partial charge < -0.3 is 9.64 Å². The lowest BCUT2D eigenvalue weighted by Crippen LogP contribution is -2.32. The summed E-state index contributed by atoms with van der Waals surface area (Å²) in [6, 6.07) is 94.0. The summed E-state index contributed by atoms with van der Waals surface area (Å²) < 4.78 is 7.41. The van der Waals surface area contributed by atoms with Gasteiger partial charge in [-0.15, -0.1) is 0 Å². The second kappa shape index (κ2) is 14.5. The standard InChI is InChI=1S/C73H47NO/c1-71(2)55-28-12-10-26-53(55)67-60(71)33-17-35-65(67)74(66-36-18-34-61-68(66)54-27-11-16-32-59(54)72(61)56-29-13-7-23-49(56)50-24-8-14-30-57(50)72)46-39-40-52-51-25-9-15-31-58(51)73(64(52)43-46)62-41-37-44-19-3-5-21-47(44)69(62)75-70-48-22-6-4-20-45(48)38-42-63(70)73/h3-43H,1-2H3. The maximum atomic E-state index is 7.41. The highest BCUT2D eigenvalue weighted by atomic mass is 16.5. The first-order chi connectivity index (χ1) is 37.0. The van der Waals surface area contributed by atoms with Crippen LogP contribution in [0.1, 0.15) is 69.5 Å². The Morgan fingerprint density at radius 1 is 0.293 bits per heavy atom. The van der Waals surface area contributed by atoms with Crippen LogP contribution in [0.2, 0.25) is 0 Å². The Balaban J connectivity index is 1.01. The minimum Gasteiger partial charge on any atom is -0.455 e. The molecule has 17 rings (SSSR count). The molecule has 4 aliphatic carbocycles. The van der Waals surface area contributed by atoms with Gasteiger partial charge in [0, 0.05) is 44.1 Å². The van der Waals surface area contributed by atoms with Gasteiger partial charge in [-0.2, -0.15) is 0 Å². The Kier molecular flexibility index (Phi) is 7.97. The zero-order valence-electron chi connectivity index (χ0n) is 41.5. The molecule has 0 unspecified atom stereocenters. The van der Waals surface area contributed by atoms with E-state index in [0.717, 1.165) is 55.5 Å². The highest BCUT2D eigenvalue weighted by Crippen LogP contribution is 2.68. The Labute approximate surface area is 436 Å². The molecule has 5 aliphatic rings. The first kappa shape index (κ1) is 41.3. The normalized spacial score (nSPS) is 15.2. The van der Waals surface area contributed by atoms with Crippen LogP contribution in [0.5, 0.6) is 11.5 Å². The summed E-state index contributed by atoms with van der Waals surface area (Å²) in [4.78, 5) is 2.64. The Hall–Kier alpha value is -9.24. The fraction of sp³-hybridized carbons (Fsp3) is 0.0685. The molecule has 12 aromatic carbocycles. The van der Waals surface area contributed by atoms with Crippen molar-refractivity contribution in [3.8, 4) is 56.0 Å². The fourth-order valence-corrected chi connectivity index (χ4v) is 15.2. The van der Waals surface area contributed by atoms with E-state index in [-0.39, 0.29) is 5.41 Å². The molecule has 2 spiro atoms. The first-order valence-corrected chi connectivity index (χ1v) is 26.4. The van der Waals surface area contributed by atoms with Gasteiger partial charge in [-0.3, -0.25) is 0 Å². The molecule has 0 radical (unpaired) electrons. The molecular formula is C73H47NO. The summed E-state index contributed by atoms with van der Waals surface area (Å²) in [5, 5.41) is 4.54. The van der Waals surface area contributed by atoms with E-state index in [9.17, 15) is 0 Å². The van der Waals surface area contributed by atoms with E-state index >= 15 is 0 Å². The summed E-state index contributed by atoms with van der Waals surface area (Å²) in [5.74, 6) is 1.84. The molecule has 75 heavy (non-hydrogen) atoms. The van der Waals surface area contributed by atoms with E-state index in [1.807, 2.05) is 0 Å². The van der Waals surface area contributed by atoms with Gasteiger partial charge in [0.15, 0.2) is 0 Å². The second-order valence-electron chi connectivity index (χ2n) is 21.7. The lowest BCUT2D eigenvalue weighted by Gasteiger charge is -2.40. The van der Waals surface area contributed by atoms with Crippen LogP contribution in [0.4, 0.5) is 17.1 Å². The van der Waals surface area contributed by atoms with Crippen molar-refractivity contribution < 1.29 is 4.74 Å². The minimum atomic E-state index is -0.718. The van der Waals surface area contributed by atoms with Crippen molar-refractivity contribution in [3.63, 3.8) is 0 Å². The Morgan fingerprint density at radius 3 is 1.25 bits per heavy atom. The Bertz CT molecular complexity index is 4380. The Morgan fingerprint density at radius 2 is 0.693 bits per heavy atom. The van der Waals surface area contributed by atoms with Gasteiger partial charge in [-0.1, -0.05) is 238 Å². The first-order valence-electron chi connectivity index (χ1n) is 26.4. The van der Waals surface area contributed by atoms with Crippen LogP contribution in [-0.4, -0.2) is 0 Å². The molecule has 12 aromatic rings. The second-order valence-corrected chi connectivity index (χ2v) is 21.7. The number of rotatable bonds is 3. The number of fused-ring (bicyclic) bond motifs is 26. The zero-order chi connectivity index (χ0) is 49.4. The van der Waals surface area contributed by atoms with Crippen molar-refractivity contribution in [2.45, 2.75) is 30.1 Å². The number of nitrogens with zero attached hydrogens (tertiary/aromatic N) is 1. The van der Waals surface area contributed by atoms with Crippen molar-refractivity contribution in [2.75, 3.05) is 4.90 Å². The molecular weight excluding hydrogens is 907 g/mol. The van der Waals surface area contributed by atoms with Crippen molar-refractivity contribution in [2.24, 2.45) is 0 Å². The van der Waals surface area contributed by atoms with Crippen LogP contribution < -0.4 is 9.64 Å². The SMILES string of the molecule is CC1(C)c2ccccc2-c2c(N(c3ccc4c(c3)C3(c5ccccc5-4)c4ccc5ccccc5c4Oc4c3ccc3ccccc43)c3cccc4c3-c3ccccc3C43c4ccccc4-c4ccccc43)cccc21. The molecule has 0 atom stereocenters. The van der Waals surface area contributed by atoms with E-state index < -0.39 is 10.8 Å². The molecule has 2 nitrogen and oxygen atoms in total. The quantitative estimate of drug-likeness (QED) is 0.175. The molecule has 0 saturated heterocycles. The summed E-state index contributed by atoms with van der Waals surface area (Å²) in [5.41, 5.74) is 25.0. The highest BCUT2D eigenvalue weighted by molar-refractivity contribution is 6.05. The van der Waals surface area contributed by atoms with Crippen LogP contribution in [-0.2, 0) is 16.2 Å². The molecule has 0 saturated carbocycles. The van der Waals surface area contributed by atoms with Crippen molar-refractivity contribution in [1.82, 2.24) is 0 Å². The molecule has 0 fully saturated rings. The largest absolute Gasteiger partial charge is 0.455 e. The monoisotopic (exact) mass is 953 g/mol. The summed E-state index contributed by atoms with van der Waals surface area (Å²) in [6.07, 6.45) is 0. The van der Waals surface area contributed by atoms with Gasteiger partial charge in [0.05, 0.1) is 22.2 Å². The van der Waals surface area contributed by atoms with Gasteiger partial charge in [-0.05, 0) is 113 Å². The third kappa shape index (κ3) is 4.96. The van der Waals surface area contributed by atoms with Crippen LogP contribution in [0.15, 0.2) is 249 Å². The zero-order valence-corrected chi connectivity index (χ0v) is 41.5. The predicted octanol–water partition coefficient (Wildman–Crippen LogP) is 18.6. The highest BCUT2D eigenvalue weighted by Gasteiger charge is 2.54. The number of hydrogen-bond acceptors (Lipinski definition) is 2. The molecule has 2 heteroatoms. The van der Waals surface area contributed by atoms with Gasteiger partial charge in [0.2, 0.25) is 0 Å². The van der Waals surface area contributed by atoms with Gasteiger partial charge in [0.25, 0.3) is 0 Å².